The Hall–Kier alpha value is -3.77. The van der Waals surface area contributed by atoms with Crippen molar-refractivity contribution in [3.63, 3.8) is 0 Å². The molecular weight excluding hydrogens is 486 g/mol. The molecule has 39 heavy (non-hydrogen) atoms. The zero-order valence-corrected chi connectivity index (χ0v) is 23.1. The van der Waals surface area contributed by atoms with Crippen LogP contribution < -0.4 is 14.8 Å². The summed E-state index contributed by atoms with van der Waals surface area (Å²) in [4.78, 5) is 15.8. The van der Waals surface area contributed by atoms with Gasteiger partial charge in [0.1, 0.15) is 11.5 Å². The van der Waals surface area contributed by atoms with Gasteiger partial charge in [-0.05, 0) is 60.8 Å². The second kappa shape index (κ2) is 12.9. The number of fused-ring (bicyclic) bond motifs is 1. The van der Waals surface area contributed by atoms with Gasteiger partial charge in [-0.2, -0.15) is 0 Å². The monoisotopic (exact) mass is 525 g/mol. The van der Waals surface area contributed by atoms with Crippen LogP contribution in [0.4, 0.5) is 0 Å². The SMILES string of the molecule is COc1cc(OC)cc(C(CC(=O)NCCN2CCCCC2)c2cn(Cc3ccccc3)c3ccccc23)c1. The number of aromatic nitrogens is 1. The van der Waals surface area contributed by atoms with E-state index in [1.807, 2.05) is 24.3 Å². The predicted molar refractivity (Wildman–Crippen MR) is 157 cm³/mol. The van der Waals surface area contributed by atoms with Crippen molar-refractivity contribution in [3.8, 4) is 11.5 Å². The number of methoxy groups -OCH3 is 2. The Kier molecular flexibility index (Phi) is 8.84. The molecule has 1 aliphatic heterocycles. The molecule has 0 saturated carbocycles. The zero-order chi connectivity index (χ0) is 27.0. The lowest BCUT2D eigenvalue weighted by Crippen LogP contribution is -2.38. The summed E-state index contributed by atoms with van der Waals surface area (Å²) in [5.74, 6) is 1.32. The van der Waals surface area contributed by atoms with Crippen molar-refractivity contribution in [1.82, 2.24) is 14.8 Å². The molecule has 6 heteroatoms. The number of likely N-dealkylation sites (tertiary alicyclic amines) is 1. The van der Waals surface area contributed by atoms with Gasteiger partial charge in [-0.15, -0.1) is 0 Å². The lowest BCUT2D eigenvalue weighted by molar-refractivity contribution is -0.121. The van der Waals surface area contributed by atoms with Crippen LogP contribution in [0.2, 0.25) is 0 Å². The molecule has 0 aliphatic carbocycles. The molecule has 1 atom stereocenters. The fraction of sp³-hybridized carbons (Fsp3) is 0.364. The van der Waals surface area contributed by atoms with Gasteiger partial charge in [0.25, 0.3) is 0 Å². The highest BCUT2D eigenvalue weighted by Gasteiger charge is 2.24. The first-order valence-electron chi connectivity index (χ1n) is 14.0. The van der Waals surface area contributed by atoms with Gasteiger partial charge in [-0.3, -0.25) is 4.79 Å². The summed E-state index contributed by atoms with van der Waals surface area (Å²) in [6, 6.07) is 24.9. The van der Waals surface area contributed by atoms with Crippen molar-refractivity contribution in [1.29, 1.82) is 0 Å². The molecule has 1 N–H and O–H groups in total. The smallest absolute Gasteiger partial charge is 0.220 e. The summed E-state index contributed by atoms with van der Waals surface area (Å²) in [7, 11) is 3.32. The number of hydrogen-bond acceptors (Lipinski definition) is 4. The Morgan fingerprint density at radius 3 is 2.31 bits per heavy atom. The van der Waals surface area contributed by atoms with Gasteiger partial charge in [-0.1, -0.05) is 55.0 Å². The van der Waals surface area contributed by atoms with E-state index in [0.717, 1.165) is 48.2 Å². The molecule has 1 aromatic heterocycles. The van der Waals surface area contributed by atoms with Gasteiger partial charge in [0.05, 0.1) is 14.2 Å². The molecule has 1 unspecified atom stereocenters. The van der Waals surface area contributed by atoms with Crippen LogP contribution in [0.5, 0.6) is 11.5 Å². The van der Waals surface area contributed by atoms with E-state index in [1.165, 1.54) is 24.8 Å². The maximum absolute atomic E-state index is 13.4. The molecule has 1 saturated heterocycles. The summed E-state index contributed by atoms with van der Waals surface area (Å²) in [6.07, 6.45) is 6.37. The highest BCUT2D eigenvalue weighted by Crippen LogP contribution is 2.38. The standard InChI is InChI=1S/C33H39N3O3/c1-38-27-19-26(20-28(21-27)39-2)30(22-33(37)34-15-18-35-16-9-4-10-17-35)31-24-36(23-25-11-5-3-6-12-25)32-14-8-7-13-29(31)32/h3,5-8,11-14,19-21,24,30H,4,9-10,15-18,22-23H2,1-2H3,(H,34,37). The number of para-hydroxylation sites is 1. The number of hydrogen-bond donors (Lipinski definition) is 1. The van der Waals surface area contributed by atoms with Gasteiger partial charge >= 0.3 is 0 Å². The maximum Gasteiger partial charge on any atom is 0.220 e. The first kappa shape index (κ1) is 26.8. The van der Waals surface area contributed by atoms with Crippen LogP contribution in [0.25, 0.3) is 10.9 Å². The highest BCUT2D eigenvalue weighted by molar-refractivity contribution is 5.87. The molecule has 1 amide bonds. The van der Waals surface area contributed by atoms with Crippen molar-refractivity contribution in [2.24, 2.45) is 0 Å². The van der Waals surface area contributed by atoms with Gasteiger partial charge in [0.2, 0.25) is 5.91 Å². The third kappa shape index (κ3) is 6.63. The molecule has 1 aliphatic rings. The number of piperidine rings is 1. The van der Waals surface area contributed by atoms with E-state index in [2.05, 4.69) is 69.5 Å². The molecule has 0 spiro atoms. The molecule has 4 aromatic rings. The van der Waals surface area contributed by atoms with Crippen LogP contribution in [-0.4, -0.2) is 55.8 Å². The summed E-state index contributed by atoms with van der Waals surface area (Å²) in [6.45, 7) is 4.59. The Labute approximate surface area is 231 Å². The van der Waals surface area contributed by atoms with Crippen LogP contribution in [0.15, 0.2) is 79.0 Å². The number of amides is 1. The van der Waals surface area contributed by atoms with E-state index in [4.69, 9.17) is 9.47 Å². The molecule has 3 aromatic carbocycles. The average molecular weight is 526 g/mol. The van der Waals surface area contributed by atoms with E-state index in [0.29, 0.717) is 24.5 Å². The van der Waals surface area contributed by atoms with Crippen LogP contribution in [0.3, 0.4) is 0 Å². The van der Waals surface area contributed by atoms with E-state index in [1.54, 1.807) is 14.2 Å². The Balaban J connectivity index is 1.47. The van der Waals surface area contributed by atoms with E-state index in [-0.39, 0.29) is 11.8 Å². The van der Waals surface area contributed by atoms with Crippen molar-refractivity contribution in [2.75, 3.05) is 40.4 Å². The highest BCUT2D eigenvalue weighted by atomic mass is 16.5. The normalized spacial score (nSPS) is 14.7. The third-order valence-electron chi connectivity index (χ3n) is 7.76. The largest absolute Gasteiger partial charge is 0.497 e. The third-order valence-corrected chi connectivity index (χ3v) is 7.76. The number of nitrogens with one attached hydrogen (secondary N) is 1. The number of carbonyl (C=O) groups excluding carboxylic acids is 1. The minimum absolute atomic E-state index is 0.0543. The molecule has 1 fully saturated rings. The summed E-state index contributed by atoms with van der Waals surface area (Å²) in [5.41, 5.74) is 4.52. The predicted octanol–water partition coefficient (Wildman–Crippen LogP) is 5.83. The average Bonchev–Trinajstić information content (AvgIpc) is 3.34. The topological polar surface area (TPSA) is 55.7 Å². The minimum atomic E-state index is -0.161. The van der Waals surface area contributed by atoms with Gasteiger partial charge < -0.3 is 24.3 Å². The van der Waals surface area contributed by atoms with E-state index in [9.17, 15) is 4.79 Å². The van der Waals surface area contributed by atoms with Crippen LogP contribution in [0.1, 0.15) is 48.3 Å². The Morgan fingerprint density at radius 1 is 0.897 bits per heavy atom. The summed E-state index contributed by atoms with van der Waals surface area (Å²) in [5, 5.41) is 4.36. The number of rotatable bonds is 11. The molecule has 0 bridgehead atoms. The molecular formula is C33H39N3O3. The van der Waals surface area contributed by atoms with E-state index >= 15 is 0 Å². The number of ether oxygens (including phenoxy) is 2. The van der Waals surface area contributed by atoms with Crippen molar-refractivity contribution >= 4 is 16.8 Å². The van der Waals surface area contributed by atoms with Crippen molar-refractivity contribution in [3.05, 3.63) is 95.7 Å². The number of benzene rings is 3. The fourth-order valence-electron chi connectivity index (χ4n) is 5.70. The molecule has 2 heterocycles. The quantitative estimate of drug-likeness (QED) is 0.268. The van der Waals surface area contributed by atoms with Gasteiger partial charge in [-0.25, -0.2) is 0 Å². The fourth-order valence-corrected chi connectivity index (χ4v) is 5.70. The minimum Gasteiger partial charge on any atom is -0.497 e. The summed E-state index contributed by atoms with van der Waals surface area (Å²) < 4.78 is 13.5. The van der Waals surface area contributed by atoms with Crippen molar-refractivity contribution in [2.45, 2.75) is 38.1 Å². The lowest BCUT2D eigenvalue weighted by atomic mass is 9.87. The van der Waals surface area contributed by atoms with Gasteiger partial charge in [0.15, 0.2) is 0 Å². The molecule has 0 radical (unpaired) electrons. The zero-order valence-electron chi connectivity index (χ0n) is 23.1. The van der Waals surface area contributed by atoms with Crippen LogP contribution >= 0.6 is 0 Å². The maximum atomic E-state index is 13.4. The molecule has 204 valence electrons. The second-order valence-corrected chi connectivity index (χ2v) is 10.4. The number of carbonyl (C=O) groups is 1. The van der Waals surface area contributed by atoms with Crippen LogP contribution in [-0.2, 0) is 11.3 Å². The van der Waals surface area contributed by atoms with Crippen molar-refractivity contribution < 1.29 is 14.3 Å². The Bertz CT molecular complexity index is 1350. The molecule has 5 rings (SSSR count). The first-order valence-corrected chi connectivity index (χ1v) is 14.0. The second-order valence-electron chi connectivity index (χ2n) is 10.4. The molecule has 6 nitrogen and oxygen atoms in total. The lowest BCUT2D eigenvalue weighted by Gasteiger charge is -2.26. The summed E-state index contributed by atoms with van der Waals surface area (Å²) >= 11 is 0. The Morgan fingerprint density at radius 2 is 1.59 bits per heavy atom. The first-order chi connectivity index (χ1) is 19.1. The van der Waals surface area contributed by atoms with Gasteiger partial charge in [0, 0.05) is 55.1 Å². The number of nitrogens with zero attached hydrogens (tertiary/aromatic N) is 2. The van der Waals surface area contributed by atoms with E-state index < -0.39 is 0 Å². The van der Waals surface area contributed by atoms with Crippen LogP contribution in [0, 0.1) is 0 Å².